The molecule has 38 heavy (non-hydrogen) atoms. The van der Waals surface area contributed by atoms with Crippen LogP contribution in [0.4, 0.5) is 17.2 Å². The first-order chi connectivity index (χ1) is 18.2. The largest absolute Gasteiger partial charge is 0.495 e. The second kappa shape index (κ2) is 10.2. The van der Waals surface area contributed by atoms with Crippen LogP contribution < -0.4 is 19.3 Å². The van der Waals surface area contributed by atoms with Gasteiger partial charge in [0.2, 0.25) is 0 Å². The third kappa shape index (κ3) is 5.08. The second-order valence-corrected chi connectivity index (χ2v) is 10.8. The summed E-state index contributed by atoms with van der Waals surface area (Å²) in [5.41, 5.74) is 2.65. The van der Waals surface area contributed by atoms with Crippen LogP contribution in [-0.4, -0.2) is 57.8 Å². The zero-order chi connectivity index (χ0) is 26.9. The van der Waals surface area contributed by atoms with Crippen molar-refractivity contribution in [2.45, 2.75) is 11.8 Å². The topological polar surface area (TPSA) is 112 Å². The number of benzene rings is 3. The molecule has 5 rings (SSSR count). The number of carboxylic acid groups (broad SMARTS) is 1. The Kier molecular flexibility index (Phi) is 6.81. The van der Waals surface area contributed by atoms with Gasteiger partial charge in [-0.1, -0.05) is 24.3 Å². The van der Waals surface area contributed by atoms with Gasteiger partial charge in [-0.15, -0.1) is 0 Å². The van der Waals surface area contributed by atoms with Gasteiger partial charge in [0.05, 0.1) is 28.8 Å². The minimum atomic E-state index is -3.84. The highest BCUT2D eigenvalue weighted by atomic mass is 32.2. The van der Waals surface area contributed by atoms with E-state index >= 15 is 0 Å². The van der Waals surface area contributed by atoms with Crippen molar-refractivity contribution in [1.29, 1.82) is 0 Å². The summed E-state index contributed by atoms with van der Waals surface area (Å²) in [6.07, 6.45) is 0. The smallest absolute Gasteiger partial charge is 0.336 e. The molecule has 9 nitrogen and oxygen atoms in total. The molecular formula is C28H28N4O5S. The second-order valence-electron chi connectivity index (χ2n) is 9.13. The van der Waals surface area contributed by atoms with Gasteiger partial charge in [0, 0.05) is 37.3 Å². The Morgan fingerprint density at radius 3 is 2.39 bits per heavy atom. The molecule has 0 radical (unpaired) electrons. The summed E-state index contributed by atoms with van der Waals surface area (Å²) < 4.78 is 33.8. The molecular weight excluding hydrogens is 504 g/mol. The number of hydrogen-bond acceptors (Lipinski definition) is 7. The Morgan fingerprint density at radius 2 is 1.68 bits per heavy atom. The molecule has 3 aromatic carbocycles. The van der Waals surface area contributed by atoms with Crippen molar-refractivity contribution in [1.82, 2.24) is 4.98 Å². The van der Waals surface area contributed by atoms with Gasteiger partial charge in [0.1, 0.15) is 11.6 Å². The number of sulfonamides is 1. The van der Waals surface area contributed by atoms with Crippen LogP contribution in [0.2, 0.25) is 0 Å². The number of fused-ring (bicyclic) bond motifs is 1. The standard InChI is InChI=1S/C28H28N4O5S/c1-19-6-5-7-21(16-19)38(35,36)30-20-10-11-24-22(17-20)23(28(33)34)18-27(29-24)32-14-12-31(13-15-32)25-8-3-4-9-26(25)37-2/h3-11,16-18,30H,12-15H2,1-2H3,(H,33,34). The molecule has 10 heteroatoms. The molecule has 0 bridgehead atoms. The van der Waals surface area contributed by atoms with Crippen LogP contribution >= 0.6 is 0 Å². The highest BCUT2D eigenvalue weighted by molar-refractivity contribution is 7.92. The molecule has 0 spiro atoms. The first-order valence-electron chi connectivity index (χ1n) is 12.2. The maximum atomic E-state index is 12.9. The van der Waals surface area contributed by atoms with Gasteiger partial charge in [-0.3, -0.25) is 4.72 Å². The van der Waals surface area contributed by atoms with Gasteiger partial charge in [-0.25, -0.2) is 18.2 Å². The van der Waals surface area contributed by atoms with Crippen LogP contribution in [0.25, 0.3) is 10.9 Å². The van der Waals surface area contributed by atoms with Crippen LogP contribution in [0.1, 0.15) is 15.9 Å². The lowest BCUT2D eigenvalue weighted by Gasteiger charge is -2.37. The lowest BCUT2D eigenvalue weighted by molar-refractivity contribution is 0.0699. The van der Waals surface area contributed by atoms with E-state index in [1.54, 1.807) is 37.4 Å². The molecule has 0 aliphatic carbocycles. The number of carboxylic acids is 1. The normalized spacial score (nSPS) is 13.9. The third-order valence-electron chi connectivity index (χ3n) is 6.61. The summed E-state index contributed by atoms with van der Waals surface area (Å²) in [7, 11) is -2.18. The molecule has 1 aliphatic rings. The number of anilines is 3. The average Bonchev–Trinajstić information content (AvgIpc) is 2.92. The summed E-state index contributed by atoms with van der Waals surface area (Å²) in [6.45, 7) is 4.58. The minimum Gasteiger partial charge on any atom is -0.495 e. The van der Waals surface area contributed by atoms with Crippen molar-refractivity contribution in [3.05, 3.63) is 83.9 Å². The quantitative estimate of drug-likeness (QED) is 0.361. The van der Waals surface area contributed by atoms with E-state index in [0.29, 0.717) is 29.8 Å². The molecule has 4 aromatic rings. The molecule has 0 amide bonds. The Hall–Kier alpha value is -4.31. The summed E-state index contributed by atoms with van der Waals surface area (Å²) >= 11 is 0. The average molecular weight is 533 g/mol. The number of aromatic nitrogens is 1. The van der Waals surface area contributed by atoms with Crippen LogP contribution in [0.5, 0.6) is 5.75 Å². The number of piperazine rings is 1. The molecule has 0 unspecified atom stereocenters. The van der Waals surface area contributed by atoms with Gasteiger partial charge in [0.15, 0.2) is 0 Å². The lowest BCUT2D eigenvalue weighted by Crippen LogP contribution is -2.47. The van der Waals surface area contributed by atoms with Crippen molar-refractivity contribution in [3.8, 4) is 5.75 Å². The number of carbonyl (C=O) groups is 1. The molecule has 196 valence electrons. The van der Waals surface area contributed by atoms with E-state index in [-0.39, 0.29) is 16.1 Å². The van der Waals surface area contributed by atoms with Crippen LogP contribution in [-0.2, 0) is 10.0 Å². The first kappa shape index (κ1) is 25.3. The predicted octanol–water partition coefficient (Wildman–Crippen LogP) is 4.38. The lowest BCUT2D eigenvalue weighted by atomic mass is 10.1. The molecule has 1 aliphatic heterocycles. The predicted molar refractivity (Wildman–Crippen MR) is 148 cm³/mol. The van der Waals surface area contributed by atoms with E-state index in [0.717, 1.165) is 30.1 Å². The molecule has 0 saturated carbocycles. The summed E-state index contributed by atoms with van der Waals surface area (Å²) in [4.78, 5) is 21.4. The van der Waals surface area contributed by atoms with Gasteiger partial charge in [0.25, 0.3) is 10.0 Å². The molecule has 1 aromatic heterocycles. The van der Waals surface area contributed by atoms with E-state index in [1.807, 2.05) is 37.3 Å². The number of pyridine rings is 1. The Bertz CT molecular complexity index is 1620. The Labute approximate surface area is 221 Å². The number of para-hydroxylation sites is 2. The van der Waals surface area contributed by atoms with E-state index in [2.05, 4.69) is 14.5 Å². The van der Waals surface area contributed by atoms with Crippen molar-refractivity contribution < 1.29 is 23.1 Å². The van der Waals surface area contributed by atoms with Crippen molar-refractivity contribution in [3.63, 3.8) is 0 Å². The third-order valence-corrected chi connectivity index (χ3v) is 7.99. The van der Waals surface area contributed by atoms with Crippen LogP contribution in [0.15, 0.2) is 77.7 Å². The Balaban J connectivity index is 1.40. The minimum absolute atomic E-state index is 0.0637. The number of nitrogens with one attached hydrogen (secondary N) is 1. The van der Waals surface area contributed by atoms with Gasteiger partial charge < -0.3 is 19.6 Å². The van der Waals surface area contributed by atoms with Gasteiger partial charge >= 0.3 is 5.97 Å². The van der Waals surface area contributed by atoms with Crippen LogP contribution in [0.3, 0.4) is 0 Å². The van der Waals surface area contributed by atoms with Gasteiger partial charge in [-0.2, -0.15) is 0 Å². The number of ether oxygens (including phenoxy) is 1. The van der Waals surface area contributed by atoms with E-state index in [1.165, 1.54) is 12.1 Å². The number of hydrogen-bond donors (Lipinski definition) is 2. The highest BCUT2D eigenvalue weighted by Gasteiger charge is 2.23. The highest BCUT2D eigenvalue weighted by Crippen LogP contribution is 2.31. The fraction of sp³-hybridized carbons (Fsp3) is 0.214. The molecule has 1 saturated heterocycles. The van der Waals surface area contributed by atoms with Crippen molar-refractivity contribution >= 4 is 44.1 Å². The summed E-state index contributed by atoms with van der Waals surface area (Å²) in [6, 6.07) is 20.8. The summed E-state index contributed by atoms with van der Waals surface area (Å²) in [5.74, 6) is 0.277. The number of aryl methyl sites for hydroxylation is 1. The maximum Gasteiger partial charge on any atom is 0.336 e. The van der Waals surface area contributed by atoms with E-state index in [9.17, 15) is 18.3 Å². The maximum absolute atomic E-state index is 12.9. The molecule has 2 N–H and O–H groups in total. The fourth-order valence-electron chi connectivity index (χ4n) is 4.68. The Morgan fingerprint density at radius 1 is 0.947 bits per heavy atom. The number of rotatable bonds is 7. The molecule has 0 atom stereocenters. The van der Waals surface area contributed by atoms with Crippen molar-refractivity contribution in [2.24, 2.45) is 0 Å². The molecule has 2 heterocycles. The first-order valence-corrected chi connectivity index (χ1v) is 13.6. The monoisotopic (exact) mass is 532 g/mol. The van der Waals surface area contributed by atoms with E-state index in [4.69, 9.17) is 9.72 Å². The van der Waals surface area contributed by atoms with Crippen molar-refractivity contribution in [2.75, 3.05) is 47.8 Å². The van der Waals surface area contributed by atoms with Gasteiger partial charge in [-0.05, 0) is 61.0 Å². The fourth-order valence-corrected chi connectivity index (χ4v) is 5.83. The summed E-state index contributed by atoms with van der Waals surface area (Å²) in [5, 5.41) is 10.3. The zero-order valence-electron chi connectivity index (χ0n) is 21.1. The van der Waals surface area contributed by atoms with E-state index < -0.39 is 16.0 Å². The number of aromatic carboxylic acids is 1. The number of methoxy groups -OCH3 is 1. The molecule has 1 fully saturated rings. The SMILES string of the molecule is COc1ccccc1N1CCN(c2cc(C(=O)O)c3cc(NS(=O)(=O)c4cccc(C)c4)ccc3n2)CC1. The number of nitrogens with zero attached hydrogens (tertiary/aromatic N) is 3. The zero-order valence-corrected chi connectivity index (χ0v) is 21.9. The van der Waals surface area contributed by atoms with Crippen LogP contribution in [0, 0.1) is 6.92 Å².